The first kappa shape index (κ1) is 11.2. The summed E-state index contributed by atoms with van der Waals surface area (Å²) in [5, 5.41) is 2.45. The first-order valence-corrected chi connectivity index (χ1v) is 6.75. The number of fused-ring (bicyclic) bond motifs is 3. The number of hydrogen-bond acceptors (Lipinski definition) is 1. The predicted octanol–water partition coefficient (Wildman–Crippen LogP) is 4.49. The van der Waals surface area contributed by atoms with Gasteiger partial charge < -0.3 is 4.57 Å². The van der Waals surface area contributed by atoms with E-state index in [1.54, 1.807) is 0 Å². The molecule has 2 aromatic carbocycles. The largest absolute Gasteiger partial charge is 0.309 e. The lowest BCUT2D eigenvalue weighted by Crippen LogP contribution is -1.93. The predicted molar refractivity (Wildman–Crippen MR) is 83.3 cm³/mol. The maximum Gasteiger partial charge on any atom is 0.0571 e. The van der Waals surface area contributed by atoms with Gasteiger partial charge >= 0.3 is 0 Å². The molecule has 0 radical (unpaired) electrons. The van der Waals surface area contributed by atoms with Crippen molar-refractivity contribution in [3.8, 4) is 5.69 Å². The summed E-state index contributed by atoms with van der Waals surface area (Å²) in [7, 11) is 0. The van der Waals surface area contributed by atoms with E-state index in [0.717, 1.165) is 0 Å². The maximum absolute atomic E-state index is 4.28. The highest BCUT2D eigenvalue weighted by atomic mass is 15.0. The van der Waals surface area contributed by atoms with E-state index in [-0.39, 0.29) is 0 Å². The Kier molecular flexibility index (Phi) is 2.36. The molecule has 0 unspecified atom stereocenters. The molecule has 0 spiro atoms. The van der Waals surface area contributed by atoms with Crippen LogP contribution >= 0.6 is 0 Å². The zero-order valence-electron chi connectivity index (χ0n) is 11.2. The van der Waals surface area contributed by atoms with Crippen molar-refractivity contribution in [2.75, 3.05) is 0 Å². The van der Waals surface area contributed by atoms with E-state index < -0.39 is 0 Å². The highest BCUT2D eigenvalue weighted by Crippen LogP contribution is 2.31. The SMILES string of the molecule is Cc1ccc2c3cnccc3n(-c3ccccc3)c2c1. The van der Waals surface area contributed by atoms with E-state index in [0.29, 0.717) is 0 Å². The fourth-order valence-electron chi connectivity index (χ4n) is 2.83. The van der Waals surface area contributed by atoms with E-state index in [1.807, 2.05) is 18.5 Å². The molecule has 0 N–H and O–H groups in total. The third-order valence-corrected chi connectivity index (χ3v) is 3.74. The number of aromatic nitrogens is 2. The summed E-state index contributed by atoms with van der Waals surface area (Å²) < 4.78 is 2.30. The molecule has 2 nitrogen and oxygen atoms in total. The van der Waals surface area contributed by atoms with Crippen molar-refractivity contribution in [2.24, 2.45) is 0 Å². The fraction of sp³-hybridized carbons (Fsp3) is 0.0556. The minimum atomic E-state index is 1.18. The summed E-state index contributed by atoms with van der Waals surface area (Å²) in [5.74, 6) is 0. The van der Waals surface area contributed by atoms with Crippen molar-refractivity contribution in [3.63, 3.8) is 0 Å². The van der Waals surface area contributed by atoms with E-state index in [4.69, 9.17) is 0 Å². The van der Waals surface area contributed by atoms with Gasteiger partial charge in [0.05, 0.1) is 11.0 Å². The summed E-state index contributed by atoms with van der Waals surface area (Å²) >= 11 is 0. The lowest BCUT2D eigenvalue weighted by Gasteiger charge is -2.07. The monoisotopic (exact) mass is 258 g/mol. The van der Waals surface area contributed by atoms with Crippen molar-refractivity contribution in [1.82, 2.24) is 9.55 Å². The van der Waals surface area contributed by atoms with Crippen LogP contribution in [0.15, 0.2) is 67.0 Å². The van der Waals surface area contributed by atoms with Gasteiger partial charge in [0.15, 0.2) is 0 Å². The minimum absolute atomic E-state index is 1.18. The van der Waals surface area contributed by atoms with Gasteiger partial charge in [0, 0.05) is 28.9 Å². The van der Waals surface area contributed by atoms with Crippen molar-refractivity contribution < 1.29 is 0 Å². The van der Waals surface area contributed by atoms with E-state index in [9.17, 15) is 0 Å². The number of aryl methyl sites for hydroxylation is 1. The van der Waals surface area contributed by atoms with Gasteiger partial charge in [-0.05, 0) is 36.8 Å². The molecule has 0 aliphatic carbocycles. The van der Waals surface area contributed by atoms with Crippen LogP contribution in [0, 0.1) is 6.92 Å². The summed E-state index contributed by atoms with van der Waals surface area (Å²) in [5.41, 5.74) is 4.89. The van der Waals surface area contributed by atoms with Crippen LogP contribution in [0.1, 0.15) is 5.56 Å². The van der Waals surface area contributed by atoms with Crippen molar-refractivity contribution in [2.45, 2.75) is 6.92 Å². The van der Waals surface area contributed by atoms with Gasteiger partial charge in [0.2, 0.25) is 0 Å². The van der Waals surface area contributed by atoms with Gasteiger partial charge in [-0.1, -0.05) is 30.3 Å². The molecule has 0 saturated carbocycles. The smallest absolute Gasteiger partial charge is 0.0571 e. The van der Waals surface area contributed by atoms with Crippen molar-refractivity contribution >= 4 is 21.8 Å². The molecule has 0 fully saturated rings. The van der Waals surface area contributed by atoms with Crippen LogP contribution in [0.5, 0.6) is 0 Å². The summed E-state index contributed by atoms with van der Waals surface area (Å²) in [6, 6.07) is 19.1. The zero-order valence-corrected chi connectivity index (χ0v) is 11.2. The van der Waals surface area contributed by atoms with Crippen LogP contribution in [0.4, 0.5) is 0 Å². The topological polar surface area (TPSA) is 17.8 Å². The number of rotatable bonds is 1. The Morgan fingerprint density at radius 2 is 1.70 bits per heavy atom. The molecule has 0 aliphatic rings. The average molecular weight is 258 g/mol. The van der Waals surface area contributed by atoms with Crippen LogP contribution in [-0.4, -0.2) is 9.55 Å². The highest BCUT2D eigenvalue weighted by Gasteiger charge is 2.11. The molecule has 4 rings (SSSR count). The molecule has 2 aromatic heterocycles. The van der Waals surface area contributed by atoms with Gasteiger partial charge in [-0.15, -0.1) is 0 Å². The van der Waals surface area contributed by atoms with Crippen LogP contribution in [-0.2, 0) is 0 Å². The number of hydrogen-bond donors (Lipinski definition) is 0. The summed E-state index contributed by atoms with van der Waals surface area (Å²) in [6.07, 6.45) is 3.81. The molecule has 96 valence electrons. The first-order chi connectivity index (χ1) is 9.84. The van der Waals surface area contributed by atoms with Gasteiger partial charge in [-0.3, -0.25) is 4.98 Å². The van der Waals surface area contributed by atoms with E-state index >= 15 is 0 Å². The zero-order chi connectivity index (χ0) is 13.5. The molecule has 0 saturated heterocycles. The Morgan fingerprint density at radius 1 is 0.850 bits per heavy atom. The molecular weight excluding hydrogens is 244 g/mol. The van der Waals surface area contributed by atoms with Crippen LogP contribution in [0.2, 0.25) is 0 Å². The second-order valence-electron chi connectivity index (χ2n) is 5.08. The van der Waals surface area contributed by atoms with Crippen LogP contribution < -0.4 is 0 Å². The molecule has 20 heavy (non-hydrogen) atoms. The van der Waals surface area contributed by atoms with Gasteiger partial charge in [-0.25, -0.2) is 0 Å². The maximum atomic E-state index is 4.28. The number of para-hydroxylation sites is 1. The van der Waals surface area contributed by atoms with Crippen molar-refractivity contribution in [3.05, 3.63) is 72.6 Å². The molecule has 0 bridgehead atoms. The number of nitrogens with zero attached hydrogens (tertiary/aromatic N) is 2. The lowest BCUT2D eigenvalue weighted by atomic mass is 10.1. The quantitative estimate of drug-likeness (QED) is 0.492. The number of benzene rings is 2. The molecule has 0 atom stereocenters. The first-order valence-electron chi connectivity index (χ1n) is 6.75. The third-order valence-electron chi connectivity index (χ3n) is 3.74. The molecule has 2 heteroatoms. The van der Waals surface area contributed by atoms with Gasteiger partial charge in [0.1, 0.15) is 0 Å². The Hall–Kier alpha value is -2.61. The standard InChI is InChI=1S/C18H14N2/c1-13-7-8-15-16-12-19-10-9-17(16)20(18(15)11-13)14-5-3-2-4-6-14/h2-12H,1H3. The van der Waals surface area contributed by atoms with E-state index in [2.05, 4.69) is 65.0 Å². The molecule has 4 aromatic rings. The number of pyridine rings is 1. The second-order valence-corrected chi connectivity index (χ2v) is 5.08. The molecule has 2 heterocycles. The molecule has 0 amide bonds. The summed E-state index contributed by atoms with van der Waals surface area (Å²) in [6.45, 7) is 2.13. The molecular formula is C18H14N2. The van der Waals surface area contributed by atoms with Crippen LogP contribution in [0.3, 0.4) is 0 Å². The van der Waals surface area contributed by atoms with E-state index in [1.165, 1.54) is 33.1 Å². The van der Waals surface area contributed by atoms with Gasteiger partial charge in [0.25, 0.3) is 0 Å². The summed E-state index contributed by atoms with van der Waals surface area (Å²) in [4.78, 5) is 4.28. The Bertz CT molecular complexity index is 905. The van der Waals surface area contributed by atoms with Gasteiger partial charge in [-0.2, -0.15) is 0 Å². The Morgan fingerprint density at radius 3 is 2.55 bits per heavy atom. The second kappa shape index (κ2) is 4.20. The van der Waals surface area contributed by atoms with Crippen LogP contribution in [0.25, 0.3) is 27.5 Å². The highest BCUT2D eigenvalue weighted by molar-refractivity contribution is 6.08. The Balaban J connectivity index is 2.23. The lowest BCUT2D eigenvalue weighted by molar-refractivity contribution is 1.17. The fourth-order valence-corrected chi connectivity index (χ4v) is 2.83. The van der Waals surface area contributed by atoms with Crippen molar-refractivity contribution in [1.29, 1.82) is 0 Å². The third kappa shape index (κ3) is 1.55. The average Bonchev–Trinajstić information content (AvgIpc) is 2.81. The Labute approximate surface area is 117 Å². The minimum Gasteiger partial charge on any atom is -0.309 e. The molecule has 0 aliphatic heterocycles. The normalized spacial score (nSPS) is 11.2.